The molecular weight excluding hydrogens is 352 g/mol. The second-order valence-electron chi connectivity index (χ2n) is 6.30. The average Bonchev–Trinajstić information content (AvgIpc) is 3.02. The van der Waals surface area contributed by atoms with Crippen molar-refractivity contribution in [1.82, 2.24) is 19.4 Å². The summed E-state index contributed by atoms with van der Waals surface area (Å²) in [5.41, 5.74) is 3.47. The van der Waals surface area contributed by atoms with Crippen LogP contribution in [-0.4, -0.2) is 54.8 Å². The first-order valence-corrected chi connectivity index (χ1v) is 10.4. The summed E-state index contributed by atoms with van der Waals surface area (Å²) in [7, 11) is -1.66. The van der Waals surface area contributed by atoms with Crippen LogP contribution in [0.25, 0.3) is 5.69 Å². The quantitative estimate of drug-likeness (QED) is 0.710. The average molecular weight is 378 g/mol. The third-order valence-electron chi connectivity index (χ3n) is 4.23. The molecule has 26 heavy (non-hydrogen) atoms. The number of carbonyl (C=O) groups is 1. The first-order valence-electron chi connectivity index (χ1n) is 8.57. The zero-order valence-corrected chi connectivity index (χ0v) is 16.5. The van der Waals surface area contributed by atoms with Gasteiger partial charge in [-0.2, -0.15) is 5.10 Å². The van der Waals surface area contributed by atoms with E-state index in [9.17, 15) is 13.2 Å². The van der Waals surface area contributed by atoms with Gasteiger partial charge in [0.15, 0.2) is 0 Å². The van der Waals surface area contributed by atoms with Gasteiger partial charge in [0.2, 0.25) is 10.0 Å². The van der Waals surface area contributed by atoms with E-state index in [1.165, 1.54) is 17.6 Å². The number of carbonyl (C=O) groups excluding carboxylic acids is 1. The summed E-state index contributed by atoms with van der Waals surface area (Å²) in [4.78, 5) is 12.5. The number of benzene rings is 1. The highest BCUT2D eigenvalue weighted by Crippen LogP contribution is 2.16. The van der Waals surface area contributed by atoms with Crippen molar-refractivity contribution in [2.75, 3.05) is 26.4 Å². The van der Waals surface area contributed by atoms with Crippen LogP contribution in [0.15, 0.2) is 30.5 Å². The van der Waals surface area contributed by atoms with Gasteiger partial charge in [-0.15, -0.1) is 0 Å². The molecule has 1 aromatic heterocycles. The molecule has 0 atom stereocenters. The first-order chi connectivity index (χ1) is 12.2. The Morgan fingerprint density at radius 1 is 1.27 bits per heavy atom. The minimum absolute atomic E-state index is 0.192. The zero-order chi connectivity index (χ0) is 19.3. The third-order valence-corrected chi connectivity index (χ3v) is 5.54. The fraction of sp³-hybridized carbons (Fsp3) is 0.444. The number of nitrogens with zero attached hydrogens (tertiary/aromatic N) is 3. The predicted molar refractivity (Wildman–Crippen MR) is 102 cm³/mol. The number of hydrogen-bond acceptors (Lipinski definition) is 4. The molecule has 0 bridgehead atoms. The maximum Gasteiger partial charge on any atom is 0.254 e. The minimum Gasteiger partial charge on any atom is -0.352 e. The summed E-state index contributed by atoms with van der Waals surface area (Å²) < 4.78 is 25.8. The monoisotopic (exact) mass is 378 g/mol. The van der Waals surface area contributed by atoms with Crippen LogP contribution in [0.2, 0.25) is 0 Å². The molecule has 0 saturated carbocycles. The maximum absolute atomic E-state index is 12.5. The van der Waals surface area contributed by atoms with E-state index in [4.69, 9.17) is 0 Å². The van der Waals surface area contributed by atoms with E-state index >= 15 is 0 Å². The summed E-state index contributed by atoms with van der Waals surface area (Å²) in [6.45, 7) is 4.77. The fourth-order valence-corrected chi connectivity index (χ4v) is 3.04. The van der Waals surface area contributed by atoms with E-state index in [0.717, 1.165) is 16.9 Å². The van der Waals surface area contributed by atoms with Crippen LogP contribution in [0.4, 0.5) is 0 Å². The Kier molecular flexibility index (Phi) is 6.55. The molecule has 1 amide bonds. The Morgan fingerprint density at radius 2 is 1.92 bits per heavy atom. The molecule has 0 spiro atoms. The Morgan fingerprint density at radius 3 is 2.50 bits per heavy atom. The molecular formula is C18H26N4O3S. The Labute approximate surface area is 155 Å². The van der Waals surface area contributed by atoms with Crippen LogP contribution in [0.3, 0.4) is 0 Å². The molecule has 0 aliphatic heterocycles. The van der Waals surface area contributed by atoms with Crippen molar-refractivity contribution in [2.24, 2.45) is 0 Å². The van der Waals surface area contributed by atoms with Gasteiger partial charge >= 0.3 is 0 Å². The summed E-state index contributed by atoms with van der Waals surface area (Å²) in [5, 5.41) is 7.21. The molecule has 7 nitrogen and oxygen atoms in total. The number of hydrogen-bond donors (Lipinski definition) is 1. The summed E-state index contributed by atoms with van der Waals surface area (Å²) in [6, 6.07) is 7.97. The Hall–Kier alpha value is -2.19. The lowest BCUT2D eigenvalue weighted by molar-refractivity contribution is 0.0952. The van der Waals surface area contributed by atoms with Crippen LogP contribution < -0.4 is 5.32 Å². The van der Waals surface area contributed by atoms with Crippen LogP contribution in [-0.2, 0) is 16.4 Å². The van der Waals surface area contributed by atoms with E-state index < -0.39 is 10.0 Å². The molecule has 0 fully saturated rings. The molecule has 0 saturated heterocycles. The molecule has 142 valence electrons. The van der Waals surface area contributed by atoms with E-state index in [1.54, 1.807) is 10.9 Å². The number of aromatic nitrogens is 2. The lowest BCUT2D eigenvalue weighted by atomic mass is 10.1. The largest absolute Gasteiger partial charge is 0.352 e. The summed E-state index contributed by atoms with van der Waals surface area (Å²) in [5.74, 6) is -0.192. The maximum atomic E-state index is 12.5. The van der Waals surface area contributed by atoms with Crippen LogP contribution >= 0.6 is 0 Å². The molecule has 0 unspecified atom stereocenters. The van der Waals surface area contributed by atoms with Gasteiger partial charge in [-0.25, -0.2) is 17.4 Å². The van der Waals surface area contributed by atoms with Gasteiger partial charge in [0.05, 0.1) is 29.4 Å². The first kappa shape index (κ1) is 20.1. The fourth-order valence-electron chi connectivity index (χ4n) is 2.58. The number of sulfonamides is 1. The second-order valence-corrected chi connectivity index (χ2v) is 8.39. The number of nitrogens with one attached hydrogen (secondary N) is 1. The predicted octanol–water partition coefficient (Wildman–Crippen LogP) is 1.75. The van der Waals surface area contributed by atoms with Crippen molar-refractivity contribution >= 4 is 15.9 Å². The smallest absolute Gasteiger partial charge is 0.254 e. The second kappa shape index (κ2) is 8.46. The number of rotatable bonds is 8. The topological polar surface area (TPSA) is 84.3 Å². The van der Waals surface area contributed by atoms with Crippen molar-refractivity contribution in [3.8, 4) is 5.69 Å². The Bertz CT molecular complexity index is 857. The van der Waals surface area contributed by atoms with Gasteiger partial charge in [-0.1, -0.05) is 24.6 Å². The molecule has 2 aromatic rings. The highest BCUT2D eigenvalue weighted by atomic mass is 32.2. The minimum atomic E-state index is -3.19. The van der Waals surface area contributed by atoms with Crippen LogP contribution in [0.5, 0.6) is 0 Å². The lowest BCUT2D eigenvalue weighted by Crippen LogP contribution is -2.31. The molecule has 1 heterocycles. The van der Waals surface area contributed by atoms with Crippen molar-refractivity contribution in [3.63, 3.8) is 0 Å². The van der Waals surface area contributed by atoms with Gasteiger partial charge in [-0.05, 0) is 31.9 Å². The van der Waals surface area contributed by atoms with Gasteiger partial charge < -0.3 is 5.32 Å². The van der Waals surface area contributed by atoms with Crippen molar-refractivity contribution in [2.45, 2.75) is 26.7 Å². The molecule has 8 heteroatoms. The molecule has 2 rings (SSSR count). The van der Waals surface area contributed by atoms with Crippen LogP contribution in [0, 0.1) is 6.92 Å². The SMILES string of the molecule is CCc1c(C(=O)NCCCN(C)S(C)(=O)=O)cnn1-c1ccc(C)cc1. The molecule has 1 N–H and O–H groups in total. The van der Waals surface area contributed by atoms with Crippen LogP contribution in [0.1, 0.15) is 35.0 Å². The van der Waals surface area contributed by atoms with E-state index in [0.29, 0.717) is 31.5 Å². The number of amides is 1. The molecule has 1 aromatic carbocycles. The van der Waals surface area contributed by atoms with Gasteiger partial charge in [0, 0.05) is 20.1 Å². The van der Waals surface area contributed by atoms with Crippen molar-refractivity contribution in [3.05, 3.63) is 47.3 Å². The summed E-state index contributed by atoms with van der Waals surface area (Å²) in [6.07, 6.45) is 3.96. The normalized spacial score (nSPS) is 11.7. The number of aryl methyl sites for hydroxylation is 1. The molecule has 0 aliphatic rings. The van der Waals surface area contributed by atoms with Crippen molar-refractivity contribution in [1.29, 1.82) is 0 Å². The molecule has 0 aliphatic carbocycles. The van der Waals surface area contributed by atoms with Gasteiger partial charge in [0.1, 0.15) is 0 Å². The van der Waals surface area contributed by atoms with E-state index in [-0.39, 0.29) is 5.91 Å². The van der Waals surface area contributed by atoms with Gasteiger partial charge in [0.25, 0.3) is 5.91 Å². The van der Waals surface area contributed by atoms with Crippen molar-refractivity contribution < 1.29 is 13.2 Å². The van der Waals surface area contributed by atoms with Gasteiger partial charge in [-0.3, -0.25) is 4.79 Å². The standard InChI is InChI=1S/C18H26N4O3S/c1-5-17-16(13-20-22(17)15-9-7-14(2)8-10-15)18(23)19-11-6-12-21(3)26(4,24)25/h7-10,13H,5-6,11-12H2,1-4H3,(H,19,23). The highest BCUT2D eigenvalue weighted by Gasteiger charge is 2.17. The Balaban J connectivity index is 2.02. The molecule has 0 radical (unpaired) electrons. The third kappa shape index (κ3) is 4.92. The lowest BCUT2D eigenvalue weighted by Gasteiger charge is -2.14. The highest BCUT2D eigenvalue weighted by molar-refractivity contribution is 7.88. The summed E-state index contributed by atoms with van der Waals surface area (Å²) >= 11 is 0. The van der Waals surface area contributed by atoms with E-state index in [1.807, 2.05) is 38.1 Å². The van der Waals surface area contributed by atoms with E-state index in [2.05, 4.69) is 10.4 Å². The zero-order valence-electron chi connectivity index (χ0n) is 15.7.